The van der Waals surface area contributed by atoms with Crippen molar-refractivity contribution in [3.05, 3.63) is 89.5 Å². The number of fused-ring (bicyclic) bond motifs is 2. The Morgan fingerprint density at radius 3 is 2.44 bits per heavy atom. The molecule has 1 unspecified atom stereocenters. The summed E-state index contributed by atoms with van der Waals surface area (Å²) >= 11 is 1.59. The minimum absolute atomic E-state index is 0.0525. The largest absolute Gasteiger partial charge is 0.396 e. The molecule has 2 aromatic rings. The average molecular weight is 572 g/mol. The Labute approximate surface area is 245 Å². The number of aryl methyl sites for hydroxylation is 2. The van der Waals surface area contributed by atoms with Crippen molar-refractivity contribution in [2.75, 3.05) is 31.1 Å². The molecule has 6 rings (SSSR count). The second-order valence-corrected chi connectivity index (χ2v) is 13.6. The Kier molecular flexibility index (Phi) is 7.10. The summed E-state index contributed by atoms with van der Waals surface area (Å²) in [6.45, 7) is 7.55. The fraction of sp³-hybridized carbons (Fsp3) is 0.424. The van der Waals surface area contributed by atoms with Crippen LogP contribution in [-0.4, -0.2) is 74.4 Å². The molecule has 3 amide bonds. The van der Waals surface area contributed by atoms with Crippen LogP contribution in [0.15, 0.2) is 72.8 Å². The molecule has 8 heteroatoms. The topological polar surface area (TPSA) is 81.2 Å². The minimum atomic E-state index is -0.898. The van der Waals surface area contributed by atoms with E-state index in [1.54, 1.807) is 21.6 Å². The molecule has 4 aliphatic rings. The van der Waals surface area contributed by atoms with Gasteiger partial charge in [-0.2, -0.15) is 0 Å². The molecule has 2 aromatic carbocycles. The second-order valence-electron chi connectivity index (χ2n) is 11.9. The molecule has 0 radical (unpaired) electrons. The molecule has 41 heavy (non-hydrogen) atoms. The van der Waals surface area contributed by atoms with Gasteiger partial charge in [0.1, 0.15) is 6.04 Å². The number of anilines is 1. The molecule has 0 saturated carbocycles. The summed E-state index contributed by atoms with van der Waals surface area (Å²) in [4.78, 5) is 48.7. The van der Waals surface area contributed by atoms with E-state index in [1.807, 2.05) is 86.4 Å². The fourth-order valence-corrected chi connectivity index (χ4v) is 9.38. The van der Waals surface area contributed by atoms with Crippen LogP contribution in [0.2, 0.25) is 0 Å². The first-order chi connectivity index (χ1) is 19.7. The van der Waals surface area contributed by atoms with Gasteiger partial charge in [-0.05, 0) is 49.9 Å². The van der Waals surface area contributed by atoms with Gasteiger partial charge in [0.25, 0.3) is 5.91 Å². The maximum absolute atomic E-state index is 14.6. The van der Waals surface area contributed by atoms with E-state index in [9.17, 15) is 19.5 Å². The van der Waals surface area contributed by atoms with E-state index in [0.717, 1.165) is 22.4 Å². The van der Waals surface area contributed by atoms with Gasteiger partial charge in [-0.3, -0.25) is 14.4 Å². The molecule has 4 heterocycles. The van der Waals surface area contributed by atoms with Crippen LogP contribution in [0, 0.1) is 25.7 Å². The van der Waals surface area contributed by atoms with E-state index in [2.05, 4.69) is 12.2 Å². The maximum Gasteiger partial charge on any atom is 0.251 e. The summed E-state index contributed by atoms with van der Waals surface area (Å²) in [6, 6.07) is 15.2. The summed E-state index contributed by atoms with van der Waals surface area (Å²) in [5.74, 6) is -1.66. The number of aliphatic hydroxyl groups is 1. The van der Waals surface area contributed by atoms with Gasteiger partial charge in [0.2, 0.25) is 11.8 Å². The zero-order valence-corrected chi connectivity index (χ0v) is 24.6. The molecular formula is C33H37N3O4S. The number of nitrogens with zero attached hydrogens (tertiary/aromatic N) is 3. The van der Waals surface area contributed by atoms with Crippen LogP contribution in [0.25, 0.3) is 0 Å². The smallest absolute Gasteiger partial charge is 0.251 e. The first-order valence-electron chi connectivity index (χ1n) is 14.4. The number of likely N-dealkylation sites (tertiary alicyclic amines) is 1. The predicted molar refractivity (Wildman–Crippen MR) is 161 cm³/mol. The molecule has 7 nitrogen and oxygen atoms in total. The van der Waals surface area contributed by atoms with E-state index < -0.39 is 27.4 Å². The Hall–Kier alpha value is -3.36. The Morgan fingerprint density at radius 2 is 1.68 bits per heavy atom. The van der Waals surface area contributed by atoms with Crippen LogP contribution in [0.3, 0.4) is 0 Å². The van der Waals surface area contributed by atoms with Crippen LogP contribution in [0.1, 0.15) is 30.0 Å². The van der Waals surface area contributed by atoms with Crippen molar-refractivity contribution in [2.24, 2.45) is 11.8 Å². The highest BCUT2D eigenvalue weighted by Gasteiger charge is 2.73. The van der Waals surface area contributed by atoms with Gasteiger partial charge in [-0.25, -0.2) is 0 Å². The molecule has 0 aliphatic carbocycles. The van der Waals surface area contributed by atoms with Crippen LogP contribution >= 0.6 is 11.8 Å². The third kappa shape index (κ3) is 4.43. The van der Waals surface area contributed by atoms with E-state index in [-0.39, 0.29) is 30.9 Å². The molecule has 0 bridgehead atoms. The molecule has 2 fully saturated rings. The van der Waals surface area contributed by atoms with Crippen LogP contribution in [-0.2, 0) is 20.9 Å². The number of carbonyl (C=O) groups is 3. The molecule has 1 N–H and O–H groups in total. The fourth-order valence-electron chi connectivity index (χ4n) is 7.23. The minimum Gasteiger partial charge on any atom is -0.396 e. The summed E-state index contributed by atoms with van der Waals surface area (Å²) in [6.07, 6.45) is 8.56. The van der Waals surface area contributed by atoms with E-state index in [1.165, 1.54) is 0 Å². The number of hydrogen-bond donors (Lipinski definition) is 1. The first-order valence-corrected chi connectivity index (χ1v) is 15.2. The van der Waals surface area contributed by atoms with Crippen molar-refractivity contribution in [3.63, 3.8) is 0 Å². The van der Waals surface area contributed by atoms with Gasteiger partial charge in [0.05, 0.1) is 16.6 Å². The number of carbonyl (C=O) groups excluding carboxylic acids is 3. The van der Waals surface area contributed by atoms with Gasteiger partial charge in [-0.15, -0.1) is 11.8 Å². The van der Waals surface area contributed by atoms with Crippen molar-refractivity contribution in [1.29, 1.82) is 0 Å². The summed E-state index contributed by atoms with van der Waals surface area (Å²) in [7, 11) is 0. The summed E-state index contributed by atoms with van der Waals surface area (Å²) in [5, 5.41) is 9.69. The number of thioether (sulfide) groups is 1. The highest BCUT2D eigenvalue weighted by Crippen LogP contribution is 2.65. The van der Waals surface area contributed by atoms with Crippen LogP contribution in [0.4, 0.5) is 5.69 Å². The lowest BCUT2D eigenvalue weighted by Crippen LogP contribution is -2.53. The molecule has 214 valence electrons. The lowest BCUT2D eigenvalue weighted by atomic mass is 9.74. The number of aliphatic hydroxyl groups excluding tert-OH is 1. The van der Waals surface area contributed by atoms with E-state index >= 15 is 0 Å². The lowest BCUT2D eigenvalue weighted by Gasteiger charge is -2.37. The van der Waals surface area contributed by atoms with Crippen molar-refractivity contribution >= 4 is 35.2 Å². The third-order valence-electron chi connectivity index (χ3n) is 9.07. The molecule has 2 saturated heterocycles. The Morgan fingerprint density at radius 1 is 0.927 bits per heavy atom. The van der Waals surface area contributed by atoms with Crippen molar-refractivity contribution in [1.82, 2.24) is 9.80 Å². The van der Waals surface area contributed by atoms with Crippen molar-refractivity contribution < 1.29 is 19.5 Å². The molecule has 4 aliphatic heterocycles. The SMILES string of the molecule is Cc1ccc(C)c(N2CC=C[C@]34S[C@@]5(C)C=CCN(Cc6ccccc6)C(=O)[C@H]5[C@H]3C(=O)N(CCCO)C4C2=O)c1. The van der Waals surface area contributed by atoms with Gasteiger partial charge < -0.3 is 19.8 Å². The maximum atomic E-state index is 14.6. The Bertz CT molecular complexity index is 1440. The standard InChI is InChI=1S/C33H37N3O4S/c1-22-12-13-23(2)25(20-22)35-17-8-15-33-27(30(39)36(18-9-19-37)28(33)31(35)40)26-29(38)34(16-7-14-32(26,3)41-33)21-24-10-5-4-6-11-24/h4-8,10-15,20,26-28,37H,9,16-19,21H2,1-3H3/t26-,27+,28?,32+,33+/m1/s1. The van der Waals surface area contributed by atoms with Crippen LogP contribution in [0.5, 0.6) is 0 Å². The average Bonchev–Trinajstić information content (AvgIpc) is 3.22. The van der Waals surface area contributed by atoms with Crippen LogP contribution < -0.4 is 4.90 Å². The number of amides is 3. The molecule has 0 aromatic heterocycles. The van der Waals surface area contributed by atoms with Gasteiger partial charge in [-0.1, -0.05) is 66.8 Å². The number of hydrogen-bond acceptors (Lipinski definition) is 5. The normalized spacial score (nSPS) is 30.8. The molecule has 5 atom stereocenters. The van der Waals surface area contributed by atoms with E-state index in [0.29, 0.717) is 26.1 Å². The van der Waals surface area contributed by atoms with Crippen molar-refractivity contribution in [3.8, 4) is 0 Å². The predicted octanol–water partition coefficient (Wildman–Crippen LogP) is 3.87. The lowest BCUT2D eigenvalue weighted by molar-refractivity contribution is -0.144. The quantitative estimate of drug-likeness (QED) is 0.533. The second kappa shape index (κ2) is 10.5. The Balaban J connectivity index is 1.44. The first kappa shape index (κ1) is 27.8. The van der Waals surface area contributed by atoms with Crippen molar-refractivity contribution in [2.45, 2.75) is 49.3 Å². The van der Waals surface area contributed by atoms with Gasteiger partial charge >= 0.3 is 0 Å². The monoisotopic (exact) mass is 571 g/mol. The molecular weight excluding hydrogens is 534 g/mol. The summed E-state index contributed by atoms with van der Waals surface area (Å²) in [5.41, 5.74) is 3.91. The van der Waals surface area contributed by atoms with Gasteiger partial charge in [0, 0.05) is 43.2 Å². The summed E-state index contributed by atoms with van der Waals surface area (Å²) < 4.78 is -1.55. The number of benzene rings is 2. The highest BCUT2D eigenvalue weighted by molar-refractivity contribution is 8.02. The number of rotatable bonds is 6. The highest BCUT2D eigenvalue weighted by atomic mass is 32.2. The van der Waals surface area contributed by atoms with Gasteiger partial charge in [0.15, 0.2) is 0 Å². The molecule has 1 spiro atoms. The zero-order valence-electron chi connectivity index (χ0n) is 23.8. The zero-order chi connectivity index (χ0) is 28.9. The van der Waals surface area contributed by atoms with E-state index in [4.69, 9.17) is 0 Å². The third-order valence-corrected chi connectivity index (χ3v) is 10.9.